The van der Waals surface area contributed by atoms with Crippen LogP contribution in [0.1, 0.15) is 6.92 Å². The first-order valence-electron chi connectivity index (χ1n) is 4.62. The van der Waals surface area contributed by atoms with Gasteiger partial charge < -0.3 is 14.8 Å². The highest BCUT2D eigenvalue weighted by Gasteiger charge is 2.33. The molecule has 0 unspecified atom stereocenters. The van der Waals surface area contributed by atoms with Crippen molar-refractivity contribution in [2.45, 2.75) is 12.5 Å². The normalized spacial score (nSPS) is 18.4. The summed E-state index contributed by atoms with van der Waals surface area (Å²) in [6.45, 7) is 3.85. The zero-order valence-electron chi connectivity index (χ0n) is 8.41. The number of pyridine rings is 1. The Morgan fingerprint density at radius 3 is 2.86 bits per heavy atom. The third-order valence-corrected chi connectivity index (χ3v) is 2.28. The lowest BCUT2D eigenvalue weighted by Crippen LogP contribution is -2.61. The van der Waals surface area contributed by atoms with Crippen LogP contribution in [-0.4, -0.2) is 30.8 Å². The summed E-state index contributed by atoms with van der Waals surface area (Å²) in [4.78, 5) is 4.01. The molecule has 1 aliphatic rings. The molecule has 0 atom stereocenters. The molecule has 0 saturated carbocycles. The number of ether oxygens (including phenoxy) is 2. The second-order valence-electron chi connectivity index (χ2n) is 3.69. The molecule has 76 valence electrons. The summed E-state index contributed by atoms with van der Waals surface area (Å²) in [6, 6.07) is 3.63. The molecule has 1 saturated heterocycles. The average Bonchev–Trinajstić information content (AvgIpc) is 2.16. The highest BCUT2D eigenvalue weighted by atomic mass is 16.5. The molecule has 1 aromatic heterocycles. The summed E-state index contributed by atoms with van der Waals surface area (Å²) in [7, 11) is 1.60. The van der Waals surface area contributed by atoms with Crippen LogP contribution in [0, 0.1) is 0 Å². The van der Waals surface area contributed by atoms with Crippen molar-refractivity contribution in [3.05, 3.63) is 18.3 Å². The summed E-state index contributed by atoms with van der Waals surface area (Å²) < 4.78 is 10.8. The molecule has 4 heteroatoms. The number of aromatic nitrogens is 1. The molecule has 0 spiro atoms. The zero-order chi connectivity index (χ0) is 10.0. The van der Waals surface area contributed by atoms with E-state index in [0.29, 0.717) is 5.88 Å². The van der Waals surface area contributed by atoms with E-state index in [1.54, 1.807) is 19.4 Å². The van der Waals surface area contributed by atoms with E-state index < -0.39 is 0 Å². The maximum absolute atomic E-state index is 5.80. The quantitative estimate of drug-likeness (QED) is 0.774. The maximum Gasteiger partial charge on any atom is 0.216 e. The molecule has 1 aromatic rings. The topological polar surface area (TPSA) is 43.4 Å². The molecule has 4 nitrogen and oxygen atoms in total. The first kappa shape index (κ1) is 9.27. The van der Waals surface area contributed by atoms with Crippen molar-refractivity contribution in [3.63, 3.8) is 0 Å². The van der Waals surface area contributed by atoms with Crippen LogP contribution in [0.5, 0.6) is 11.6 Å². The smallest absolute Gasteiger partial charge is 0.216 e. The Hall–Kier alpha value is -1.29. The lowest BCUT2D eigenvalue weighted by Gasteiger charge is -2.39. The maximum atomic E-state index is 5.80. The van der Waals surface area contributed by atoms with Crippen molar-refractivity contribution in [3.8, 4) is 11.6 Å². The Kier molecular flexibility index (Phi) is 2.29. The summed E-state index contributed by atoms with van der Waals surface area (Å²) in [5.74, 6) is 1.39. The van der Waals surface area contributed by atoms with Gasteiger partial charge in [-0.15, -0.1) is 0 Å². The van der Waals surface area contributed by atoms with E-state index in [0.717, 1.165) is 18.8 Å². The minimum absolute atomic E-state index is 0.0770. The highest BCUT2D eigenvalue weighted by molar-refractivity contribution is 5.27. The monoisotopic (exact) mass is 194 g/mol. The number of nitrogens with one attached hydrogen (secondary N) is 1. The van der Waals surface area contributed by atoms with Crippen LogP contribution in [0.25, 0.3) is 0 Å². The Bertz CT molecular complexity index is 324. The van der Waals surface area contributed by atoms with Crippen molar-refractivity contribution >= 4 is 0 Å². The number of methoxy groups -OCH3 is 1. The summed E-state index contributed by atoms with van der Waals surface area (Å²) in [5, 5.41) is 3.18. The van der Waals surface area contributed by atoms with Crippen molar-refractivity contribution in [2.24, 2.45) is 0 Å². The number of hydrogen-bond acceptors (Lipinski definition) is 4. The Labute approximate surface area is 83.2 Å². The van der Waals surface area contributed by atoms with Gasteiger partial charge in [-0.25, -0.2) is 4.98 Å². The molecular weight excluding hydrogens is 180 g/mol. The second-order valence-corrected chi connectivity index (χ2v) is 3.69. The minimum atomic E-state index is -0.0770. The molecular formula is C10H14N2O2. The molecule has 0 aromatic carbocycles. The first-order valence-corrected chi connectivity index (χ1v) is 4.62. The van der Waals surface area contributed by atoms with Crippen LogP contribution >= 0.6 is 0 Å². The van der Waals surface area contributed by atoms with Gasteiger partial charge in [-0.2, -0.15) is 0 Å². The van der Waals surface area contributed by atoms with E-state index in [9.17, 15) is 0 Å². The Morgan fingerprint density at radius 1 is 1.50 bits per heavy atom. The Morgan fingerprint density at radius 2 is 2.29 bits per heavy atom. The zero-order valence-corrected chi connectivity index (χ0v) is 8.41. The van der Waals surface area contributed by atoms with Gasteiger partial charge in [0.1, 0.15) is 11.4 Å². The van der Waals surface area contributed by atoms with Gasteiger partial charge in [0.25, 0.3) is 0 Å². The summed E-state index contributed by atoms with van der Waals surface area (Å²) in [5.41, 5.74) is -0.0770. The van der Waals surface area contributed by atoms with Crippen LogP contribution in [0.4, 0.5) is 0 Å². The molecule has 0 aliphatic carbocycles. The van der Waals surface area contributed by atoms with Gasteiger partial charge in [0, 0.05) is 25.4 Å². The molecule has 1 aliphatic heterocycles. The fraction of sp³-hybridized carbons (Fsp3) is 0.500. The predicted molar refractivity (Wildman–Crippen MR) is 52.7 cm³/mol. The minimum Gasteiger partial charge on any atom is -0.485 e. The fourth-order valence-electron chi connectivity index (χ4n) is 1.40. The van der Waals surface area contributed by atoms with Crippen molar-refractivity contribution in [1.82, 2.24) is 10.3 Å². The second kappa shape index (κ2) is 3.46. The number of nitrogens with zero attached hydrogens (tertiary/aromatic N) is 1. The fourth-order valence-corrected chi connectivity index (χ4v) is 1.40. The summed E-state index contributed by atoms with van der Waals surface area (Å²) >= 11 is 0. The number of hydrogen-bond donors (Lipinski definition) is 1. The van der Waals surface area contributed by atoms with Gasteiger partial charge in [-0.05, 0) is 13.0 Å². The van der Waals surface area contributed by atoms with Gasteiger partial charge in [0.2, 0.25) is 5.88 Å². The highest BCUT2D eigenvalue weighted by Crippen LogP contribution is 2.23. The van der Waals surface area contributed by atoms with E-state index >= 15 is 0 Å². The molecule has 0 bridgehead atoms. The standard InChI is InChI=1S/C10H14N2O2/c1-10(6-11-7-10)14-8-3-4-12-9(5-8)13-2/h3-5,11H,6-7H2,1-2H3. The van der Waals surface area contributed by atoms with Crippen LogP contribution in [0.3, 0.4) is 0 Å². The van der Waals surface area contributed by atoms with E-state index in [4.69, 9.17) is 9.47 Å². The molecule has 2 rings (SSSR count). The van der Waals surface area contributed by atoms with E-state index in [2.05, 4.69) is 17.2 Å². The van der Waals surface area contributed by atoms with Crippen LogP contribution in [0.2, 0.25) is 0 Å². The van der Waals surface area contributed by atoms with Crippen LogP contribution < -0.4 is 14.8 Å². The average molecular weight is 194 g/mol. The molecule has 1 N–H and O–H groups in total. The van der Waals surface area contributed by atoms with Gasteiger partial charge in [-0.3, -0.25) is 0 Å². The van der Waals surface area contributed by atoms with E-state index in [-0.39, 0.29) is 5.60 Å². The van der Waals surface area contributed by atoms with E-state index in [1.165, 1.54) is 0 Å². The van der Waals surface area contributed by atoms with Gasteiger partial charge in [0.05, 0.1) is 7.11 Å². The molecule has 1 fully saturated rings. The third kappa shape index (κ3) is 1.80. The third-order valence-electron chi connectivity index (χ3n) is 2.28. The molecule has 14 heavy (non-hydrogen) atoms. The van der Waals surface area contributed by atoms with Crippen LogP contribution in [0.15, 0.2) is 18.3 Å². The van der Waals surface area contributed by atoms with Gasteiger partial charge in [0.15, 0.2) is 0 Å². The van der Waals surface area contributed by atoms with E-state index in [1.807, 2.05) is 6.07 Å². The van der Waals surface area contributed by atoms with Crippen molar-refractivity contribution in [1.29, 1.82) is 0 Å². The van der Waals surface area contributed by atoms with Gasteiger partial charge in [-0.1, -0.05) is 0 Å². The summed E-state index contributed by atoms with van der Waals surface area (Å²) in [6.07, 6.45) is 1.68. The molecule has 2 heterocycles. The Balaban J connectivity index is 2.08. The van der Waals surface area contributed by atoms with Crippen molar-refractivity contribution < 1.29 is 9.47 Å². The van der Waals surface area contributed by atoms with Crippen LogP contribution in [-0.2, 0) is 0 Å². The molecule has 0 amide bonds. The van der Waals surface area contributed by atoms with Gasteiger partial charge >= 0.3 is 0 Å². The lowest BCUT2D eigenvalue weighted by molar-refractivity contribution is 0.0346. The number of rotatable bonds is 3. The first-order chi connectivity index (χ1) is 6.72. The predicted octanol–water partition coefficient (Wildman–Crippen LogP) is 0.831. The molecule has 0 radical (unpaired) electrons. The SMILES string of the molecule is COc1cc(OC2(C)CNC2)ccn1. The van der Waals surface area contributed by atoms with Crippen molar-refractivity contribution in [2.75, 3.05) is 20.2 Å². The lowest BCUT2D eigenvalue weighted by atomic mass is 10.00. The largest absolute Gasteiger partial charge is 0.485 e.